The molecule has 210 valence electrons. The van der Waals surface area contributed by atoms with E-state index in [4.69, 9.17) is 9.47 Å². The van der Waals surface area contributed by atoms with Gasteiger partial charge in [0.1, 0.15) is 17.3 Å². The van der Waals surface area contributed by atoms with Crippen LogP contribution in [0.25, 0.3) is 10.9 Å². The van der Waals surface area contributed by atoms with Crippen LogP contribution in [0.4, 0.5) is 14.9 Å². The van der Waals surface area contributed by atoms with E-state index in [2.05, 4.69) is 31.5 Å². The molecule has 2 heterocycles. The smallest absolute Gasteiger partial charge is 0.319 e. The first-order valence-electron chi connectivity index (χ1n) is 12.6. The number of aromatic nitrogens is 2. The maximum absolute atomic E-state index is 14.9. The molecule has 41 heavy (non-hydrogen) atoms. The van der Waals surface area contributed by atoms with E-state index >= 15 is 0 Å². The van der Waals surface area contributed by atoms with E-state index in [9.17, 15) is 18.8 Å². The van der Waals surface area contributed by atoms with E-state index in [0.29, 0.717) is 34.0 Å². The molecule has 11 nitrogen and oxygen atoms in total. The van der Waals surface area contributed by atoms with Crippen molar-refractivity contribution in [2.24, 2.45) is 0 Å². The Morgan fingerprint density at radius 3 is 2.51 bits per heavy atom. The normalized spacial score (nSPS) is 14.7. The number of methoxy groups -OCH3 is 2. The summed E-state index contributed by atoms with van der Waals surface area (Å²) in [6, 6.07) is 12.8. The Morgan fingerprint density at radius 1 is 1.02 bits per heavy atom. The summed E-state index contributed by atoms with van der Waals surface area (Å²) in [5, 5.41) is 18.5. The monoisotopic (exact) mass is 558 g/mol. The molecule has 0 saturated carbocycles. The summed E-state index contributed by atoms with van der Waals surface area (Å²) in [6.45, 7) is 1.60. The number of rotatable bonds is 8. The fourth-order valence-electron chi connectivity index (χ4n) is 4.73. The van der Waals surface area contributed by atoms with Gasteiger partial charge in [-0.25, -0.2) is 9.18 Å². The first-order valence-corrected chi connectivity index (χ1v) is 12.6. The zero-order chi connectivity index (χ0) is 29.1. The molecule has 5 N–H and O–H groups in total. The van der Waals surface area contributed by atoms with Gasteiger partial charge in [-0.1, -0.05) is 12.1 Å². The second kappa shape index (κ2) is 11.4. The molecule has 0 saturated heterocycles. The number of nitrogens with one attached hydrogen (secondary N) is 5. The zero-order valence-electron chi connectivity index (χ0n) is 22.4. The number of amides is 4. The number of anilines is 1. The molecule has 0 fully saturated rings. The zero-order valence-corrected chi connectivity index (χ0v) is 22.4. The van der Waals surface area contributed by atoms with Crippen LogP contribution in [0.15, 0.2) is 72.1 Å². The van der Waals surface area contributed by atoms with Gasteiger partial charge in [-0.15, -0.1) is 0 Å². The molecule has 5 rings (SSSR count). The third-order valence-corrected chi connectivity index (χ3v) is 6.74. The van der Waals surface area contributed by atoms with Crippen LogP contribution in [0, 0.1) is 5.82 Å². The quantitative estimate of drug-likeness (QED) is 0.222. The van der Waals surface area contributed by atoms with Crippen molar-refractivity contribution in [3.8, 4) is 11.5 Å². The lowest BCUT2D eigenvalue weighted by Gasteiger charge is -2.29. The summed E-state index contributed by atoms with van der Waals surface area (Å²) in [5.74, 6) is -0.947. The van der Waals surface area contributed by atoms with Gasteiger partial charge in [-0.3, -0.25) is 14.7 Å². The van der Waals surface area contributed by atoms with Crippen molar-refractivity contribution in [1.82, 2.24) is 26.1 Å². The molecule has 0 bridgehead atoms. The maximum atomic E-state index is 14.9. The Morgan fingerprint density at radius 2 is 1.78 bits per heavy atom. The van der Waals surface area contributed by atoms with Crippen LogP contribution in [0.1, 0.15) is 34.5 Å². The van der Waals surface area contributed by atoms with Crippen molar-refractivity contribution in [3.63, 3.8) is 0 Å². The second-order valence-corrected chi connectivity index (χ2v) is 9.26. The Bertz CT molecular complexity index is 1680. The van der Waals surface area contributed by atoms with Gasteiger partial charge in [0.15, 0.2) is 0 Å². The average Bonchev–Trinajstić information content (AvgIpc) is 3.43. The summed E-state index contributed by atoms with van der Waals surface area (Å²) < 4.78 is 25.6. The lowest BCUT2D eigenvalue weighted by Crippen LogP contribution is -2.46. The maximum Gasteiger partial charge on any atom is 0.319 e. The Balaban J connectivity index is 1.41. The van der Waals surface area contributed by atoms with Gasteiger partial charge in [0.25, 0.3) is 11.8 Å². The molecule has 1 aliphatic rings. The topological polar surface area (TPSA) is 146 Å². The highest BCUT2D eigenvalue weighted by atomic mass is 19.1. The fourth-order valence-corrected chi connectivity index (χ4v) is 4.73. The molecule has 3 aromatic carbocycles. The average molecular weight is 559 g/mol. The molecule has 1 aliphatic heterocycles. The van der Waals surface area contributed by atoms with Crippen LogP contribution in [-0.4, -0.2) is 42.3 Å². The molecule has 12 heteroatoms. The van der Waals surface area contributed by atoms with Crippen molar-refractivity contribution in [2.45, 2.75) is 19.5 Å². The van der Waals surface area contributed by atoms with Crippen LogP contribution in [-0.2, 0) is 11.3 Å². The molecular weight excluding hydrogens is 531 g/mol. The van der Waals surface area contributed by atoms with Gasteiger partial charge < -0.3 is 30.7 Å². The van der Waals surface area contributed by atoms with E-state index in [1.54, 1.807) is 49.5 Å². The SMILES string of the molecule is COc1cccc(OC)c1CNC(=O)c1cc([C@@H]2NC(=O)NC(C)=C2C(=O)Nc2ccc3[nH]ncc3c2)ccc1F. The number of nitrogens with zero attached hydrogens (tertiary/aromatic N) is 1. The van der Waals surface area contributed by atoms with Crippen LogP contribution in [0.2, 0.25) is 0 Å². The van der Waals surface area contributed by atoms with E-state index in [-0.39, 0.29) is 17.7 Å². The minimum absolute atomic E-state index is 0.00739. The summed E-state index contributed by atoms with van der Waals surface area (Å²) in [4.78, 5) is 39.0. The number of carbonyl (C=O) groups is 3. The van der Waals surface area contributed by atoms with Gasteiger partial charge in [0.2, 0.25) is 0 Å². The van der Waals surface area contributed by atoms with Gasteiger partial charge in [0, 0.05) is 16.8 Å². The molecular formula is C29H27FN6O5. The Labute approximate surface area is 234 Å². The molecule has 0 aliphatic carbocycles. The number of halogens is 1. The predicted molar refractivity (Wildman–Crippen MR) is 149 cm³/mol. The first kappa shape index (κ1) is 27.2. The number of ether oxygens (including phenoxy) is 2. The van der Waals surface area contributed by atoms with E-state index in [1.165, 1.54) is 26.4 Å². The van der Waals surface area contributed by atoms with Gasteiger partial charge in [-0.05, 0) is 55.0 Å². The number of aromatic amines is 1. The fraction of sp³-hybridized carbons (Fsp3) is 0.172. The number of allylic oxidation sites excluding steroid dienone is 1. The van der Waals surface area contributed by atoms with Gasteiger partial charge >= 0.3 is 6.03 Å². The molecule has 4 aromatic rings. The number of hydrogen-bond donors (Lipinski definition) is 5. The van der Waals surface area contributed by atoms with E-state index in [1.807, 2.05) is 0 Å². The van der Waals surface area contributed by atoms with Crippen molar-refractivity contribution in [3.05, 3.63) is 94.6 Å². The molecule has 0 spiro atoms. The van der Waals surface area contributed by atoms with Crippen LogP contribution < -0.4 is 30.7 Å². The molecule has 0 unspecified atom stereocenters. The Kier molecular flexibility index (Phi) is 7.55. The number of hydrogen-bond acceptors (Lipinski definition) is 6. The van der Waals surface area contributed by atoms with Crippen molar-refractivity contribution < 1.29 is 28.2 Å². The van der Waals surface area contributed by atoms with Crippen LogP contribution >= 0.6 is 0 Å². The lowest BCUT2D eigenvalue weighted by molar-refractivity contribution is -0.113. The van der Waals surface area contributed by atoms with E-state index < -0.39 is 29.7 Å². The molecule has 4 amide bonds. The lowest BCUT2D eigenvalue weighted by atomic mass is 9.93. The number of carbonyl (C=O) groups excluding carboxylic acids is 3. The minimum Gasteiger partial charge on any atom is -0.496 e. The van der Waals surface area contributed by atoms with Crippen LogP contribution in [0.3, 0.4) is 0 Å². The largest absolute Gasteiger partial charge is 0.496 e. The highest BCUT2D eigenvalue weighted by Gasteiger charge is 2.32. The second-order valence-electron chi connectivity index (χ2n) is 9.26. The molecule has 0 radical (unpaired) electrons. The number of benzene rings is 3. The predicted octanol–water partition coefficient (Wildman–Crippen LogP) is 3.92. The third-order valence-electron chi connectivity index (χ3n) is 6.74. The minimum atomic E-state index is -0.956. The Hall–Kier alpha value is -5.39. The van der Waals surface area contributed by atoms with Gasteiger partial charge in [0.05, 0.1) is 55.2 Å². The standard InChI is InChI=1S/C29H27FN6O5/c1-15-25(28(38)34-18-8-10-22-17(11-18)13-32-36-22)26(35-29(39)33-15)16-7-9-21(30)19(12-16)27(37)31-14-20-23(40-2)5-4-6-24(20)41-3/h4-13,26H,14H2,1-3H3,(H,31,37)(H,32,36)(H,34,38)(H2,33,35,39)/t26-/m0/s1. The summed E-state index contributed by atoms with van der Waals surface area (Å²) in [6.07, 6.45) is 1.63. The summed E-state index contributed by atoms with van der Waals surface area (Å²) in [5.41, 5.74) is 2.52. The van der Waals surface area contributed by atoms with Crippen molar-refractivity contribution in [2.75, 3.05) is 19.5 Å². The van der Waals surface area contributed by atoms with Crippen LogP contribution in [0.5, 0.6) is 11.5 Å². The third kappa shape index (κ3) is 5.53. The van der Waals surface area contributed by atoms with Crippen molar-refractivity contribution >= 4 is 34.4 Å². The number of urea groups is 1. The molecule has 1 aromatic heterocycles. The number of H-pyrrole nitrogens is 1. The highest BCUT2D eigenvalue weighted by Crippen LogP contribution is 2.31. The van der Waals surface area contributed by atoms with E-state index in [0.717, 1.165) is 17.0 Å². The van der Waals surface area contributed by atoms with Gasteiger partial charge in [-0.2, -0.15) is 5.10 Å². The first-order chi connectivity index (χ1) is 19.8. The summed E-state index contributed by atoms with van der Waals surface area (Å²) >= 11 is 0. The van der Waals surface area contributed by atoms with Crippen molar-refractivity contribution in [1.29, 1.82) is 0 Å². The summed E-state index contributed by atoms with van der Waals surface area (Å²) in [7, 11) is 2.99. The highest BCUT2D eigenvalue weighted by molar-refractivity contribution is 6.07. The number of fused-ring (bicyclic) bond motifs is 1. The molecule has 1 atom stereocenters.